The molecule has 0 spiro atoms. The standard InChI is InChI=1S/C12H12BrN3O2S/c1-2-16-11(8-4-3-5-9(13)6-8)14-15-12(16)19-7-10(17)18/h3-6H,2,7H2,1H3,(H,17,18). The first-order valence-corrected chi connectivity index (χ1v) is 7.43. The molecule has 0 bridgehead atoms. The Hall–Kier alpha value is -1.34. The van der Waals surface area contributed by atoms with E-state index in [4.69, 9.17) is 5.11 Å². The third-order valence-electron chi connectivity index (χ3n) is 2.44. The molecular weight excluding hydrogens is 330 g/mol. The van der Waals surface area contributed by atoms with E-state index in [-0.39, 0.29) is 5.75 Å². The minimum Gasteiger partial charge on any atom is -0.481 e. The molecule has 0 amide bonds. The number of carboxylic acid groups (broad SMARTS) is 1. The van der Waals surface area contributed by atoms with Crippen molar-refractivity contribution in [3.05, 3.63) is 28.7 Å². The molecule has 2 rings (SSSR count). The second-order valence-electron chi connectivity index (χ2n) is 3.74. The second kappa shape index (κ2) is 6.21. The third-order valence-corrected chi connectivity index (χ3v) is 3.89. The smallest absolute Gasteiger partial charge is 0.313 e. The zero-order valence-electron chi connectivity index (χ0n) is 10.2. The minimum atomic E-state index is -0.861. The van der Waals surface area contributed by atoms with E-state index >= 15 is 0 Å². The van der Waals surface area contributed by atoms with Crippen molar-refractivity contribution in [3.8, 4) is 11.4 Å². The average molecular weight is 342 g/mol. The van der Waals surface area contributed by atoms with Gasteiger partial charge in [-0.2, -0.15) is 0 Å². The van der Waals surface area contributed by atoms with Gasteiger partial charge in [0, 0.05) is 16.6 Å². The molecule has 0 aliphatic heterocycles. The number of nitrogens with zero attached hydrogens (tertiary/aromatic N) is 3. The monoisotopic (exact) mass is 341 g/mol. The van der Waals surface area contributed by atoms with Gasteiger partial charge in [0.15, 0.2) is 11.0 Å². The molecule has 0 atom stereocenters. The van der Waals surface area contributed by atoms with Crippen LogP contribution in [0, 0.1) is 0 Å². The molecule has 100 valence electrons. The number of thioether (sulfide) groups is 1. The number of rotatable bonds is 5. The molecule has 1 aromatic carbocycles. The molecule has 0 saturated carbocycles. The molecule has 1 aromatic heterocycles. The Morgan fingerprint density at radius 3 is 2.89 bits per heavy atom. The molecule has 5 nitrogen and oxygen atoms in total. The van der Waals surface area contributed by atoms with Crippen LogP contribution in [0.3, 0.4) is 0 Å². The van der Waals surface area contributed by atoms with Crippen LogP contribution in [0.5, 0.6) is 0 Å². The molecule has 0 fully saturated rings. The Kier molecular flexibility index (Phi) is 4.60. The molecule has 1 heterocycles. The van der Waals surface area contributed by atoms with E-state index in [0.29, 0.717) is 11.7 Å². The fraction of sp³-hybridized carbons (Fsp3) is 0.250. The minimum absolute atomic E-state index is 0.0172. The van der Waals surface area contributed by atoms with Crippen LogP contribution >= 0.6 is 27.7 Å². The van der Waals surface area contributed by atoms with Crippen molar-refractivity contribution in [3.63, 3.8) is 0 Å². The highest BCUT2D eigenvalue weighted by molar-refractivity contribution is 9.10. The maximum atomic E-state index is 10.6. The van der Waals surface area contributed by atoms with Crippen LogP contribution in [0.2, 0.25) is 0 Å². The van der Waals surface area contributed by atoms with Gasteiger partial charge in [-0.25, -0.2) is 0 Å². The normalized spacial score (nSPS) is 10.6. The zero-order chi connectivity index (χ0) is 13.8. The first-order chi connectivity index (χ1) is 9.11. The van der Waals surface area contributed by atoms with E-state index in [1.54, 1.807) is 0 Å². The Morgan fingerprint density at radius 1 is 1.47 bits per heavy atom. The summed E-state index contributed by atoms with van der Waals surface area (Å²) >= 11 is 4.60. The fourth-order valence-corrected chi connectivity index (χ4v) is 2.77. The number of halogens is 1. The number of carboxylic acids is 1. The third kappa shape index (κ3) is 3.36. The summed E-state index contributed by atoms with van der Waals surface area (Å²) in [6.45, 7) is 2.67. The van der Waals surface area contributed by atoms with Crippen molar-refractivity contribution in [1.29, 1.82) is 0 Å². The van der Waals surface area contributed by atoms with Crippen LogP contribution in [0.15, 0.2) is 33.9 Å². The Morgan fingerprint density at radius 2 is 2.26 bits per heavy atom. The van der Waals surface area contributed by atoms with Crippen LogP contribution in [0.1, 0.15) is 6.92 Å². The summed E-state index contributed by atoms with van der Waals surface area (Å²) in [5, 5.41) is 17.6. The summed E-state index contributed by atoms with van der Waals surface area (Å²) in [6.07, 6.45) is 0. The number of aromatic nitrogens is 3. The lowest BCUT2D eigenvalue weighted by Crippen LogP contribution is -2.03. The van der Waals surface area contributed by atoms with Gasteiger partial charge in [-0.15, -0.1) is 10.2 Å². The highest BCUT2D eigenvalue weighted by Crippen LogP contribution is 2.25. The SMILES string of the molecule is CCn1c(SCC(=O)O)nnc1-c1cccc(Br)c1. The van der Waals surface area contributed by atoms with Crippen molar-refractivity contribution < 1.29 is 9.90 Å². The van der Waals surface area contributed by atoms with E-state index in [0.717, 1.165) is 15.9 Å². The van der Waals surface area contributed by atoms with Gasteiger partial charge in [0.2, 0.25) is 0 Å². The van der Waals surface area contributed by atoms with Gasteiger partial charge in [-0.3, -0.25) is 4.79 Å². The molecule has 1 N–H and O–H groups in total. The van der Waals surface area contributed by atoms with Crippen LogP contribution in [0.25, 0.3) is 11.4 Å². The highest BCUT2D eigenvalue weighted by atomic mass is 79.9. The van der Waals surface area contributed by atoms with Gasteiger partial charge < -0.3 is 9.67 Å². The Bertz CT molecular complexity index is 600. The van der Waals surface area contributed by atoms with Gasteiger partial charge in [-0.1, -0.05) is 39.8 Å². The van der Waals surface area contributed by atoms with Gasteiger partial charge in [-0.05, 0) is 19.1 Å². The average Bonchev–Trinajstić information content (AvgIpc) is 2.79. The van der Waals surface area contributed by atoms with E-state index < -0.39 is 5.97 Å². The van der Waals surface area contributed by atoms with Crippen molar-refractivity contribution >= 4 is 33.7 Å². The summed E-state index contributed by atoms with van der Waals surface area (Å²) in [7, 11) is 0. The van der Waals surface area contributed by atoms with Crippen molar-refractivity contribution in [2.75, 3.05) is 5.75 Å². The molecule has 0 unspecified atom stereocenters. The molecule has 2 aromatic rings. The summed E-state index contributed by atoms with van der Waals surface area (Å²) in [6, 6.07) is 7.78. The topological polar surface area (TPSA) is 68.0 Å². The molecule has 0 aliphatic carbocycles. The molecule has 7 heteroatoms. The lowest BCUT2D eigenvalue weighted by atomic mass is 10.2. The van der Waals surface area contributed by atoms with Gasteiger partial charge in [0.25, 0.3) is 0 Å². The van der Waals surface area contributed by atoms with Crippen LogP contribution in [-0.2, 0) is 11.3 Å². The number of aliphatic carboxylic acids is 1. The molecule has 19 heavy (non-hydrogen) atoms. The fourth-order valence-electron chi connectivity index (χ4n) is 1.65. The van der Waals surface area contributed by atoms with E-state index in [2.05, 4.69) is 26.1 Å². The Balaban J connectivity index is 2.34. The second-order valence-corrected chi connectivity index (χ2v) is 5.60. The first kappa shape index (κ1) is 14.1. The van der Waals surface area contributed by atoms with Gasteiger partial charge in [0.05, 0.1) is 5.75 Å². The van der Waals surface area contributed by atoms with E-state index in [9.17, 15) is 4.79 Å². The number of hydrogen-bond donors (Lipinski definition) is 1. The molecule has 0 saturated heterocycles. The predicted octanol–water partition coefficient (Wildman–Crippen LogP) is 2.90. The van der Waals surface area contributed by atoms with Gasteiger partial charge >= 0.3 is 5.97 Å². The first-order valence-electron chi connectivity index (χ1n) is 5.65. The quantitative estimate of drug-likeness (QED) is 0.847. The van der Waals surface area contributed by atoms with Gasteiger partial charge in [0.1, 0.15) is 0 Å². The number of benzene rings is 1. The number of carbonyl (C=O) groups is 1. The van der Waals surface area contributed by atoms with Crippen LogP contribution in [0.4, 0.5) is 0 Å². The van der Waals surface area contributed by atoms with E-state index in [1.165, 1.54) is 11.8 Å². The summed E-state index contributed by atoms with van der Waals surface area (Å²) in [5.41, 5.74) is 0.950. The van der Waals surface area contributed by atoms with Crippen LogP contribution < -0.4 is 0 Å². The van der Waals surface area contributed by atoms with Crippen molar-refractivity contribution in [2.24, 2.45) is 0 Å². The molecular formula is C12H12BrN3O2S. The maximum Gasteiger partial charge on any atom is 0.313 e. The maximum absolute atomic E-state index is 10.6. The Labute approximate surface area is 123 Å². The molecule has 0 aliphatic rings. The predicted molar refractivity (Wildman–Crippen MR) is 77.2 cm³/mol. The summed E-state index contributed by atoms with van der Waals surface area (Å²) in [5.74, 6) is -0.132. The lowest BCUT2D eigenvalue weighted by molar-refractivity contribution is -0.133. The zero-order valence-corrected chi connectivity index (χ0v) is 12.6. The largest absolute Gasteiger partial charge is 0.481 e. The van der Waals surface area contributed by atoms with Crippen molar-refractivity contribution in [1.82, 2.24) is 14.8 Å². The highest BCUT2D eigenvalue weighted by Gasteiger charge is 2.14. The van der Waals surface area contributed by atoms with Crippen LogP contribution in [-0.4, -0.2) is 31.6 Å². The van der Waals surface area contributed by atoms with E-state index in [1.807, 2.05) is 35.8 Å². The summed E-state index contributed by atoms with van der Waals surface area (Å²) in [4.78, 5) is 10.6. The number of hydrogen-bond acceptors (Lipinski definition) is 4. The molecule has 0 radical (unpaired) electrons. The van der Waals surface area contributed by atoms with Crippen molar-refractivity contribution in [2.45, 2.75) is 18.6 Å². The summed E-state index contributed by atoms with van der Waals surface area (Å²) < 4.78 is 2.88. The lowest BCUT2D eigenvalue weighted by Gasteiger charge is -2.06.